The molecule has 0 saturated carbocycles. The maximum atomic E-state index is 12.3. The first kappa shape index (κ1) is 13.8. The Balaban J connectivity index is 1.98. The molecule has 1 aliphatic rings. The van der Waals surface area contributed by atoms with Gasteiger partial charge in [0.15, 0.2) is 0 Å². The van der Waals surface area contributed by atoms with E-state index in [0.29, 0.717) is 18.7 Å². The predicted octanol–water partition coefficient (Wildman–Crippen LogP) is 1.37. The van der Waals surface area contributed by atoms with Gasteiger partial charge in [-0.3, -0.25) is 4.79 Å². The van der Waals surface area contributed by atoms with E-state index in [4.69, 9.17) is 0 Å². The molecule has 0 radical (unpaired) electrons. The Morgan fingerprint density at radius 2 is 1.95 bits per heavy atom. The van der Waals surface area contributed by atoms with Crippen LogP contribution >= 0.6 is 0 Å². The number of rotatable bonds is 2. The fourth-order valence-electron chi connectivity index (χ4n) is 1.89. The molecule has 1 heterocycles. The second-order valence-electron chi connectivity index (χ2n) is 4.41. The maximum Gasteiger partial charge on any atom is 0.416 e. The van der Waals surface area contributed by atoms with Crippen molar-refractivity contribution < 1.29 is 23.1 Å². The summed E-state index contributed by atoms with van der Waals surface area (Å²) in [7, 11) is 0. The summed E-state index contributed by atoms with van der Waals surface area (Å²) in [5, 5.41) is 14.6. The lowest BCUT2D eigenvalue weighted by molar-refractivity contribution is -0.137. The molecule has 7 heteroatoms. The van der Waals surface area contributed by atoms with Crippen molar-refractivity contribution >= 4 is 11.6 Å². The number of benzene rings is 1. The lowest BCUT2D eigenvalue weighted by Crippen LogP contribution is -2.35. The molecule has 0 aliphatic carbocycles. The normalized spacial score (nSPS) is 23.4. The van der Waals surface area contributed by atoms with Crippen LogP contribution in [0.5, 0.6) is 0 Å². The molecule has 104 valence electrons. The van der Waals surface area contributed by atoms with Gasteiger partial charge in [0.2, 0.25) is 5.91 Å². The highest BCUT2D eigenvalue weighted by Gasteiger charge is 2.30. The number of β-amino-alcohol motifs (C(OH)–C–C–N with tert-alkyl or cyclic N) is 1. The van der Waals surface area contributed by atoms with Crippen LogP contribution in [0.3, 0.4) is 0 Å². The molecule has 1 aromatic carbocycles. The predicted molar refractivity (Wildman–Crippen MR) is 62.5 cm³/mol. The van der Waals surface area contributed by atoms with Gasteiger partial charge in [-0.2, -0.15) is 13.2 Å². The minimum absolute atomic E-state index is 0.293. The van der Waals surface area contributed by atoms with Gasteiger partial charge in [-0.25, -0.2) is 0 Å². The highest BCUT2D eigenvalue weighted by molar-refractivity contribution is 5.95. The Bertz CT molecular complexity index is 459. The zero-order valence-corrected chi connectivity index (χ0v) is 9.87. The molecule has 3 N–H and O–H groups in total. The lowest BCUT2D eigenvalue weighted by atomic mass is 10.1. The molecule has 4 nitrogen and oxygen atoms in total. The van der Waals surface area contributed by atoms with E-state index in [1.807, 2.05) is 0 Å². The smallest absolute Gasteiger partial charge is 0.392 e. The molecule has 2 unspecified atom stereocenters. The first-order valence-electron chi connectivity index (χ1n) is 5.76. The molecule has 2 rings (SSSR count). The fourth-order valence-corrected chi connectivity index (χ4v) is 1.89. The second-order valence-corrected chi connectivity index (χ2v) is 4.41. The second kappa shape index (κ2) is 5.18. The summed E-state index contributed by atoms with van der Waals surface area (Å²) in [5.74, 6) is -0.365. The number of carbonyl (C=O) groups is 1. The fraction of sp³-hybridized carbons (Fsp3) is 0.417. The summed E-state index contributed by atoms with van der Waals surface area (Å²) < 4.78 is 37.0. The third-order valence-corrected chi connectivity index (χ3v) is 2.90. The number of amides is 1. The molecule has 0 aromatic heterocycles. The number of hydrogen-bond acceptors (Lipinski definition) is 3. The number of alkyl halides is 3. The number of aliphatic hydroxyl groups is 1. The first-order chi connectivity index (χ1) is 8.86. The minimum Gasteiger partial charge on any atom is -0.392 e. The summed E-state index contributed by atoms with van der Waals surface area (Å²) in [6, 6.07) is 3.70. The summed E-state index contributed by atoms with van der Waals surface area (Å²) >= 11 is 0. The monoisotopic (exact) mass is 274 g/mol. The van der Waals surface area contributed by atoms with Gasteiger partial charge in [0.05, 0.1) is 17.7 Å². The molecule has 1 fully saturated rings. The number of aliphatic hydroxyl groups excluding tert-OH is 1. The average Bonchev–Trinajstić information content (AvgIpc) is 2.75. The largest absolute Gasteiger partial charge is 0.416 e. The van der Waals surface area contributed by atoms with Gasteiger partial charge in [-0.15, -0.1) is 0 Å². The number of anilines is 1. The van der Waals surface area contributed by atoms with Gasteiger partial charge in [0, 0.05) is 12.2 Å². The van der Waals surface area contributed by atoms with E-state index < -0.39 is 23.9 Å². The Kier molecular flexibility index (Phi) is 3.77. The van der Waals surface area contributed by atoms with Crippen molar-refractivity contribution in [2.45, 2.75) is 24.7 Å². The number of nitrogens with one attached hydrogen (secondary N) is 2. The van der Waals surface area contributed by atoms with E-state index in [2.05, 4.69) is 10.6 Å². The van der Waals surface area contributed by atoms with Gasteiger partial charge in [-0.1, -0.05) is 0 Å². The minimum atomic E-state index is -4.39. The average molecular weight is 274 g/mol. The summed E-state index contributed by atoms with van der Waals surface area (Å²) in [4.78, 5) is 11.7. The van der Waals surface area contributed by atoms with Crippen molar-refractivity contribution in [2.24, 2.45) is 0 Å². The van der Waals surface area contributed by atoms with Crippen LogP contribution in [0.15, 0.2) is 24.3 Å². The number of halogens is 3. The summed E-state index contributed by atoms with van der Waals surface area (Å²) in [6.07, 6.45) is -4.66. The van der Waals surface area contributed by atoms with Crippen LogP contribution in [0.2, 0.25) is 0 Å². The van der Waals surface area contributed by atoms with E-state index >= 15 is 0 Å². The van der Waals surface area contributed by atoms with Crippen molar-refractivity contribution in [1.29, 1.82) is 0 Å². The van der Waals surface area contributed by atoms with Crippen LogP contribution in [0.4, 0.5) is 18.9 Å². The molecular formula is C12H13F3N2O2. The van der Waals surface area contributed by atoms with Crippen LogP contribution < -0.4 is 10.6 Å². The van der Waals surface area contributed by atoms with Gasteiger partial charge in [0.25, 0.3) is 0 Å². The van der Waals surface area contributed by atoms with Crippen LogP contribution in [-0.2, 0) is 11.0 Å². The van der Waals surface area contributed by atoms with E-state index in [9.17, 15) is 23.1 Å². The molecular weight excluding hydrogens is 261 g/mol. The quantitative estimate of drug-likeness (QED) is 0.763. The van der Waals surface area contributed by atoms with E-state index in [0.717, 1.165) is 12.1 Å². The van der Waals surface area contributed by atoms with Gasteiger partial charge in [-0.05, 0) is 30.7 Å². The Morgan fingerprint density at radius 1 is 1.32 bits per heavy atom. The zero-order valence-electron chi connectivity index (χ0n) is 9.87. The molecule has 1 amide bonds. The Hall–Kier alpha value is -1.60. The molecule has 1 aliphatic heterocycles. The molecule has 19 heavy (non-hydrogen) atoms. The lowest BCUT2D eigenvalue weighted by Gasteiger charge is -2.12. The number of hydrogen-bond donors (Lipinski definition) is 3. The highest BCUT2D eigenvalue weighted by Crippen LogP contribution is 2.29. The van der Waals surface area contributed by atoms with Crippen molar-refractivity contribution in [3.63, 3.8) is 0 Å². The standard InChI is InChI=1S/C12H13F3N2O2/c13-12(14,15)7-1-3-8(4-2-7)17-11(19)10-5-9(18)6-16-10/h1-4,9-10,16,18H,5-6H2,(H,17,19). The van der Waals surface area contributed by atoms with Crippen molar-refractivity contribution in [3.8, 4) is 0 Å². The third kappa shape index (κ3) is 3.45. The van der Waals surface area contributed by atoms with Crippen molar-refractivity contribution in [3.05, 3.63) is 29.8 Å². The Labute approximate surface area is 107 Å². The molecule has 1 saturated heterocycles. The van der Waals surface area contributed by atoms with E-state index in [-0.39, 0.29) is 5.91 Å². The third-order valence-electron chi connectivity index (χ3n) is 2.90. The Morgan fingerprint density at radius 3 is 2.42 bits per heavy atom. The number of carbonyl (C=O) groups excluding carboxylic acids is 1. The van der Waals surface area contributed by atoms with Gasteiger partial charge < -0.3 is 15.7 Å². The summed E-state index contributed by atoms with van der Waals surface area (Å²) in [6.45, 7) is 0.338. The molecule has 0 bridgehead atoms. The zero-order chi connectivity index (χ0) is 14.0. The van der Waals surface area contributed by atoms with E-state index in [1.165, 1.54) is 12.1 Å². The van der Waals surface area contributed by atoms with E-state index in [1.54, 1.807) is 0 Å². The molecule has 0 spiro atoms. The molecule has 1 aromatic rings. The molecule has 2 atom stereocenters. The maximum absolute atomic E-state index is 12.3. The van der Waals surface area contributed by atoms with Gasteiger partial charge >= 0.3 is 6.18 Å². The van der Waals surface area contributed by atoms with Crippen LogP contribution in [0.1, 0.15) is 12.0 Å². The summed E-state index contributed by atoms with van der Waals surface area (Å²) in [5.41, 5.74) is -0.471. The SMILES string of the molecule is O=C(Nc1ccc(C(F)(F)F)cc1)C1CC(O)CN1. The van der Waals surface area contributed by atoms with Crippen LogP contribution in [0.25, 0.3) is 0 Å². The highest BCUT2D eigenvalue weighted by atomic mass is 19.4. The van der Waals surface area contributed by atoms with Crippen molar-refractivity contribution in [2.75, 3.05) is 11.9 Å². The topological polar surface area (TPSA) is 61.4 Å². The van der Waals surface area contributed by atoms with Gasteiger partial charge in [0.1, 0.15) is 0 Å². The van der Waals surface area contributed by atoms with Crippen LogP contribution in [0, 0.1) is 0 Å². The van der Waals surface area contributed by atoms with Crippen LogP contribution in [-0.4, -0.2) is 29.7 Å². The van der Waals surface area contributed by atoms with Crippen molar-refractivity contribution in [1.82, 2.24) is 5.32 Å². The first-order valence-corrected chi connectivity index (χ1v) is 5.76.